The van der Waals surface area contributed by atoms with Crippen LogP contribution in [0.4, 0.5) is 0 Å². The molecule has 20 heavy (non-hydrogen) atoms. The van der Waals surface area contributed by atoms with Crippen LogP contribution >= 0.6 is 0 Å². The zero-order valence-electron chi connectivity index (χ0n) is 11.1. The molecule has 1 aromatic rings. The molecule has 0 aromatic heterocycles. The van der Waals surface area contributed by atoms with Crippen molar-refractivity contribution >= 4 is 12.2 Å². The second-order valence-corrected chi connectivity index (χ2v) is 4.58. The Morgan fingerprint density at radius 1 is 0.600 bits per heavy atom. The van der Waals surface area contributed by atoms with Gasteiger partial charge in [0, 0.05) is 11.1 Å². The van der Waals surface area contributed by atoms with E-state index in [0.717, 1.165) is 11.1 Å². The van der Waals surface area contributed by atoms with Crippen molar-refractivity contribution in [1.82, 2.24) is 0 Å². The van der Waals surface area contributed by atoms with E-state index in [-0.39, 0.29) is 0 Å². The molecule has 0 amide bonds. The highest BCUT2D eigenvalue weighted by Gasteiger charge is 1.92. The fourth-order valence-electron chi connectivity index (χ4n) is 1.99. The summed E-state index contributed by atoms with van der Waals surface area (Å²) in [5, 5.41) is 0. The average Bonchev–Trinajstić information content (AvgIpc) is 3.17. The molecule has 3 rings (SSSR count). The van der Waals surface area contributed by atoms with Gasteiger partial charge in [0.05, 0.1) is 0 Å². The van der Waals surface area contributed by atoms with Crippen LogP contribution in [0, 0.1) is 0 Å². The molecule has 0 bridgehead atoms. The van der Waals surface area contributed by atoms with E-state index in [2.05, 4.69) is 60.0 Å². The lowest BCUT2D eigenvalue weighted by Crippen LogP contribution is -1.75. The first kappa shape index (κ1) is 12.3. The van der Waals surface area contributed by atoms with Crippen molar-refractivity contribution < 1.29 is 0 Å². The van der Waals surface area contributed by atoms with Gasteiger partial charge in [-0.1, -0.05) is 48.6 Å². The van der Waals surface area contributed by atoms with Gasteiger partial charge in [-0.05, 0) is 47.6 Å². The molecule has 0 saturated carbocycles. The molecule has 0 saturated heterocycles. The monoisotopic (exact) mass is 254 g/mol. The minimum Gasteiger partial charge on any atom is -0.113 e. The largest absolute Gasteiger partial charge is 0.113 e. The third-order valence-corrected chi connectivity index (χ3v) is 3.09. The van der Waals surface area contributed by atoms with Gasteiger partial charge in [0.15, 0.2) is 0 Å². The van der Waals surface area contributed by atoms with Gasteiger partial charge < -0.3 is 0 Å². The number of allylic oxidation sites excluding steroid dienone is 8. The van der Waals surface area contributed by atoms with Gasteiger partial charge in [-0.2, -0.15) is 0 Å². The lowest BCUT2D eigenvalue weighted by molar-refractivity contribution is 1.61. The van der Waals surface area contributed by atoms with Gasteiger partial charge in [-0.15, -0.1) is 11.5 Å². The van der Waals surface area contributed by atoms with E-state index < -0.39 is 0 Å². The topological polar surface area (TPSA) is 0 Å². The SMILES string of the molecule is C1=CC=CC=1/C=C/c1ccc(/C=C/C2=C=CC=C2)cc1. The quantitative estimate of drug-likeness (QED) is 0.662. The van der Waals surface area contributed by atoms with Gasteiger partial charge >= 0.3 is 0 Å². The van der Waals surface area contributed by atoms with Crippen LogP contribution in [0.1, 0.15) is 11.1 Å². The molecule has 0 N–H and O–H groups in total. The van der Waals surface area contributed by atoms with E-state index in [1.165, 1.54) is 11.1 Å². The second-order valence-electron chi connectivity index (χ2n) is 4.58. The third kappa shape index (κ3) is 3.16. The molecule has 0 nitrogen and oxygen atoms in total. The van der Waals surface area contributed by atoms with Crippen LogP contribution in [-0.2, 0) is 0 Å². The van der Waals surface area contributed by atoms with Crippen molar-refractivity contribution in [2.75, 3.05) is 0 Å². The molecule has 0 spiro atoms. The minimum atomic E-state index is 1.11. The van der Waals surface area contributed by atoms with E-state index in [1.807, 2.05) is 36.5 Å². The summed E-state index contributed by atoms with van der Waals surface area (Å²) in [6, 6.07) is 8.48. The van der Waals surface area contributed by atoms with Crippen LogP contribution in [0.15, 0.2) is 95.5 Å². The Morgan fingerprint density at radius 2 is 1.05 bits per heavy atom. The van der Waals surface area contributed by atoms with Crippen molar-refractivity contribution in [2.45, 2.75) is 0 Å². The van der Waals surface area contributed by atoms with Crippen LogP contribution in [0.5, 0.6) is 0 Å². The Bertz CT molecular complexity index is 680. The molecule has 2 aliphatic rings. The number of hydrogen-bond acceptors (Lipinski definition) is 0. The van der Waals surface area contributed by atoms with Gasteiger partial charge in [0.2, 0.25) is 0 Å². The second kappa shape index (κ2) is 5.91. The fraction of sp³-hybridized carbons (Fsp3) is 0. The molecular formula is C20H14. The Balaban J connectivity index is 1.68. The fourth-order valence-corrected chi connectivity index (χ4v) is 1.99. The first-order valence-corrected chi connectivity index (χ1v) is 6.63. The zero-order chi connectivity index (χ0) is 13.6. The van der Waals surface area contributed by atoms with Crippen LogP contribution in [0.3, 0.4) is 0 Å². The smallest absolute Gasteiger partial charge is 0.0165 e. The maximum absolute atomic E-state index is 3.15. The number of benzene rings is 1. The van der Waals surface area contributed by atoms with Crippen LogP contribution < -0.4 is 0 Å². The van der Waals surface area contributed by atoms with Gasteiger partial charge in [-0.3, -0.25) is 0 Å². The zero-order valence-corrected chi connectivity index (χ0v) is 11.1. The summed E-state index contributed by atoms with van der Waals surface area (Å²) in [7, 11) is 0. The summed E-state index contributed by atoms with van der Waals surface area (Å²) in [5.41, 5.74) is 10.9. The molecule has 2 aliphatic carbocycles. The summed E-state index contributed by atoms with van der Waals surface area (Å²) in [6.45, 7) is 0. The highest BCUT2D eigenvalue weighted by molar-refractivity contribution is 5.60. The Hall–Kier alpha value is -2.78. The third-order valence-electron chi connectivity index (χ3n) is 3.09. The van der Waals surface area contributed by atoms with Gasteiger partial charge in [0.1, 0.15) is 0 Å². The van der Waals surface area contributed by atoms with Crippen molar-refractivity contribution in [2.24, 2.45) is 0 Å². The lowest BCUT2D eigenvalue weighted by Gasteiger charge is -1.96. The summed E-state index contributed by atoms with van der Waals surface area (Å²) >= 11 is 0. The van der Waals surface area contributed by atoms with E-state index in [1.54, 1.807) is 0 Å². The number of hydrogen-bond donors (Lipinski definition) is 0. The maximum atomic E-state index is 3.15. The first-order chi connectivity index (χ1) is 9.90. The van der Waals surface area contributed by atoms with E-state index in [4.69, 9.17) is 0 Å². The van der Waals surface area contributed by atoms with Crippen molar-refractivity contribution in [1.29, 1.82) is 0 Å². The Morgan fingerprint density at radius 3 is 1.40 bits per heavy atom. The summed E-state index contributed by atoms with van der Waals surface area (Å²) in [5.74, 6) is 0. The highest BCUT2D eigenvalue weighted by Crippen LogP contribution is 2.12. The summed E-state index contributed by atoms with van der Waals surface area (Å²) < 4.78 is 0. The van der Waals surface area contributed by atoms with Crippen LogP contribution in [-0.4, -0.2) is 0 Å². The number of rotatable bonds is 4. The minimum absolute atomic E-state index is 1.11. The molecule has 0 radical (unpaired) electrons. The maximum Gasteiger partial charge on any atom is 0.0165 e. The molecule has 0 unspecified atom stereocenters. The molecule has 0 fully saturated rings. The van der Waals surface area contributed by atoms with Crippen molar-refractivity contribution in [3.8, 4) is 0 Å². The van der Waals surface area contributed by atoms with E-state index in [9.17, 15) is 0 Å². The standard InChI is InChI=1S/C20H14/c1-2-6-17(5-1)9-11-19-13-15-20(16-14-19)12-10-18-7-3-4-8-18/h1-5,7,9-16H/b11-9+,12-10+. The predicted molar refractivity (Wildman–Crippen MR) is 86.0 cm³/mol. The summed E-state index contributed by atoms with van der Waals surface area (Å²) in [4.78, 5) is 0. The predicted octanol–water partition coefficient (Wildman–Crippen LogP) is 5.02. The van der Waals surface area contributed by atoms with Crippen LogP contribution in [0.2, 0.25) is 0 Å². The molecule has 0 aliphatic heterocycles. The summed E-state index contributed by atoms with van der Waals surface area (Å²) in [6.07, 6.45) is 20.3. The van der Waals surface area contributed by atoms with Crippen molar-refractivity contribution in [3.05, 3.63) is 107 Å². The van der Waals surface area contributed by atoms with Crippen LogP contribution in [0.25, 0.3) is 12.2 Å². The average molecular weight is 254 g/mol. The molecule has 0 heterocycles. The van der Waals surface area contributed by atoms with E-state index >= 15 is 0 Å². The molecule has 0 heteroatoms. The highest BCUT2D eigenvalue weighted by atomic mass is 14.0. The normalized spacial score (nSPS) is 15.8. The van der Waals surface area contributed by atoms with Crippen molar-refractivity contribution in [3.63, 3.8) is 0 Å². The Labute approximate surface area is 119 Å². The molecule has 1 aromatic carbocycles. The van der Waals surface area contributed by atoms with Gasteiger partial charge in [-0.25, -0.2) is 0 Å². The Kier molecular flexibility index (Phi) is 3.62. The van der Waals surface area contributed by atoms with Gasteiger partial charge in [0.25, 0.3) is 0 Å². The lowest BCUT2D eigenvalue weighted by atomic mass is 10.1. The van der Waals surface area contributed by atoms with E-state index in [0.29, 0.717) is 0 Å². The molecule has 0 atom stereocenters. The first-order valence-electron chi connectivity index (χ1n) is 6.63. The molecule has 94 valence electrons. The molecular weight excluding hydrogens is 240 g/mol.